The molecule has 0 aliphatic heterocycles. The van der Waals surface area contributed by atoms with Gasteiger partial charge in [0.1, 0.15) is 12.3 Å². The molecule has 1 aliphatic rings. The van der Waals surface area contributed by atoms with E-state index in [1.165, 1.54) is 43.5 Å². The van der Waals surface area contributed by atoms with Gasteiger partial charge in [0.15, 0.2) is 15.6 Å². The van der Waals surface area contributed by atoms with Crippen molar-refractivity contribution in [3.63, 3.8) is 0 Å². The Balaban J connectivity index is 2.19. The number of halogens is 3. The standard InChI is InChI=1S/C20H17F3N2O5S/c1-30-13-5-8-15(17(26)9-13)18-16(10-24-25(19(18)27)11-20(21,22)23)12-3-6-14(7-4-12)31(2,28)29/h3-10,15H,11H2,1-2H3. The largest absolute Gasteiger partial charge is 0.497 e. The van der Waals surface area contributed by atoms with Gasteiger partial charge in [-0.05, 0) is 23.8 Å². The summed E-state index contributed by atoms with van der Waals surface area (Å²) < 4.78 is 67.3. The van der Waals surface area contributed by atoms with Crippen LogP contribution in [0.15, 0.2) is 64.1 Å². The number of hydrogen-bond acceptors (Lipinski definition) is 6. The first-order valence-corrected chi connectivity index (χ1v) is 10.7. The number of rotatable bonds is 5. The van der Waals surface area contributed by atoms with Gasteiger partial charge in [0.2, 0.25) is 0 Å². The van der Waals surface area contributed by atoms with Crippen LogP contribution >= 0.6 is 0 Å². The average Bonchev–Trinajstić information content (AvgIpc) is 2.68. The molecule has 1 atom stereocenters. The predicted octanol–water partition coefficient (Wildman–Crippen LogP) is 2.63. The second kappa shape index (κ2) is 8.14. The third-order valence-corrected chi connectivity index (χ3v) is 5.72. The fourth-order valence-electron chi connectivity index (χ4n) is 3.13. The number of benzene rings is 1. The number of allylic oxidation sites excluding steroid dienone is 3. The van der Waals surface area contributed by atoms with Crippen molar-refractivity contribution in [1.29, 1.82) is 0 Å². The van der Waals surface area contributed by atoms with Gasteiger partial charge in [-0.3, -0.25) is 9.59 Å². The minimum absolute atomic E-state index is 0.0254. The quantitative estimate of drug-likeness (QED) is 0.689. The van der Waals surface area contributed by atoms with Crippen LogP contribution in [0.1, 0.15) is 11.5 Å². The van der Waals surface area contributed by atoms with Gasteiger partial charge >= 0.3 is 6.18 Å². The van der Waals surface area contributed by atoms with Gasteiger partial charge in [-0.1, -0.05) is 18.2 Å². The first-order chi connectivity index (χ1) is 14.4. The van der Waals surface area contributed by atoms with E-state index in [0.717, 1.165) is 18.5 Å². The number of ether oxygens (including phenoxy) is 1. The Hall–Kier alpha value is -3.21. The van der Waals surface area contributed by atoms with Crippen molar-refractivity contribution in [1.82, 2.24) is 9.78 Å². The van der Waals surface area contributed by atoms with Crippen LogP contribution in [0.5, 0.6) is 0 Å². The summed E-state index contributed by atoms with van der Waals surface area (Å²) >= 11 is 0. The summed E-state index contributed by atoms with van der Waals surface area (Å²) in [5, 5.41) is 3.61. The molecule has 3 rings (SSSR count). The number of ketones is 1. The lowest BCUT2D eigenvalue weighted by atomic mass is 9.87. The molecule has 0 saturated heterocycles. The van der Waals surface area contributed by atoms with Crippen molar-refractivity contribution in [3.05, 3.63) is 70.4 Å². The van der Waals surface area contributed by atoms with Gasteiger partial charge in [-0.15, -0.1) is 0 Å². The highest BCUT2D eigenvalue weighted by Crippen LogP contribution is 2.31. The van der Waals surface area contributed by atoms with Crippen LogP contribution in [0.2, 0.25) is 0 Å². The minimum Gasteiger partial charge on any atom is -0.497 e. The topological polar surface area (TPSA) is 95.3 Å². The Kier molecular flexibility index (Phi) is 5.90. The van der Waals surface area contributed by atoms with E-state index >= 15 is 0 Å². The number of hydrogen-bond donors (Lipinski definition) is 0. The smallest absolute Gasteiger partial charge is 0.408 e. The summed E-state index contributed by atoms with van der Waals surface area (Å²) in [6.45, 7) is -1.62. The highest BCUT2D eigenvalue weighted by atomic mass is 32.2. The molecule has 31 heavy (non-hydrogen) atoms. The number of carbonyl (C=O) groups is 1. The van der Waals surface area contributed by atoms with Crippen molar-refractivity contribution in [2.24, 2.45) is 0 Å². The van der Waals surface area contributed by atoms with E-state index in [4.69, 9.17) is 4.74 Å². The summed E-state index contributed by atoms with van der Waals surface area (Å²) in [5.74, 6) is -1.46. The molecule has 0 spiro atoms. The van der Waals surface area contributed by atoms with Crippen molar-refractivity contribution in [2.75, 3.05) is 13.4 Å². The van der Waals surface area contributed by atoms with E-state index < -0.39 is 39.8 Å². The Morgan fingerprint density at radius 3 is 2.32 bits per heavy atom. The molecule has 1 aromatic heterocycles. The molecule has 0 saturated carbocycles. The minimum atomic E-state index is -4.69. The normalized spacial score (nSPS) is 16.9. The molecular weight excluding hydrogens is 437 g/mol. The fraction of sp³-hybridized carbons (Fsp3) is 0.250. The molecule has 1 aliphatic carbocycles. The molecule has 0 N–H and O–H groups in total. The molecule has 0 bridgehead atoms. The van der Waals surface area contributed by atoms with E-state index in [1.54, 1.807) is 0 Å². The predicted molar refractivity (Wildman–Crippen MR) is 105 cm³/mol. The monoisotopic (exact) mass is 454 g/mol. The van der Waals surface area contributed by atoms with Crippen LogP contribution in [0, 0.1) is 0 Å². The van der Waals surface area contributed by atoms with Gasteiger partial charge in [0.05, 0.1) is 24.1 Å². The Morgan fingerprint density at radius 2 is 1.81 bits per heavy atom. The zero-order valence-electron chi connectivity index (χ0n) is 16.4. The van der Waals surface area contributed by atoms with Crippen LogP contribution in [0.25, 0.3) is 11.1 Å². The molecule has 1 aromatic carbocycles. The number of sulfone groups is 1. The van der Waals surface area contributed by atoms with Gasteiger partial charge in [0.25, 0.3) is 5.56 Å². The number of alkyl halides is 3. The SMILES string of the molecule is COC1=CC(=O)C(c2c(-c3ccc(S(C)(=O)=O)cc3)cnn(CC(F)(F)F)c2=O)C=C1. The van der Waals surface area contributed by atoms with Crippen molar-refractivity contribution in [2.45, 2.75) is 23.5 Å². The molecule has 0 amide bonds. The van der Waals surface area contributed by atoms with Gasteiger partial charge in [-0.2, -0.15) is 18.3 Å². The van der Waals surface area contributed by atoms with Crippen molar-refractivity contribution >= 4 is 15.6 Å². The lowest BCUT2D eigenvalue weighted by Gasteiger charge is -2.19. The molecule has 0 fully saturated rings. The molecule has 7 nitrogen and oxygen atoms in total. The van der Waals surface area contributed by atoms with Gasteiger partial charge < -0.3 is 4.74 Å². The molecule has 1 heterocycles. The van der Waals surface area contributed by atoms with Crippen LogP contribution in [-0.2, 0) is 25.9 Å². The summed E-state index contributed by atoms with van der Waals surface area (Å²) in [7, 11) is -2.13. The molecular formula is C20H17F3N2O5S. The summed E-state index contributed by atoms with van der Waals surface area (Å²) in [5.41, 5.74) is -0.812. The molecule has 0 radical (unpaired) electrons. The van der Waals surface area contributed by atoms with Gasteiger partial charge in [-0.25, -0.2) is 13.1 Å². The Morgan fingerprint density at radius 1 is 1.16 bits per heavy atom. The highest BCUT2D eigenvalue weighted by molar-refractivity contribution is 7.90. The molecule has 1 unspecified atom stereocenters. The second-order valence-electron chi connectivity index (χ2n) is 6.84. The van der Waals surface area contributed by atoms with E-state index in [-0.39, 0.29) is 26.5 Å². The zero-order chi connectivity index (χ0) is 23.0. The second-order valence-corrected chi connectivity index (χ2v) is 8.85. The number of nitrogens with zero attached hydrogens (tertiary/aromatic N) is 2. The maximum absolute atomic E-state index is 12.9. The number of aromatic nitrogens is 2. The molecule has 164 valence electrons. The lowest BCUT2D eigenvalue weighted by Crippen LogP contribution is -2.34. The zero-order valence-corrected chi connectivity index (χ0v) is 17.2. The first kappa shape index (κ1) is 22.5. The summed E-state index contributed by atoms with van der Waals surface area (Å²) in [4.78, 5) is 25.6. The average molecular weight is 454 g/mol. The fourth-order valence-corrected chi connectivity index (χ4v) is 3.76. The van der Waals surface area contributed by atoms with E-state index in [2.05, 4.69) is 5.10 Å². The van der Waals surface area contributed by atoms with Crippen LogP contribution in [0.3, 0.4) is 0 Å². The third kappa shape index (κ3) is 4.93. The molecule has 2 aromatic rings. The highest BCUT2D eigenvalue weighted by Gasteiger charge is 2.32. The first-order valence-electron chi connectivity index (χ1n) is 8.85. The van der Waals surface area contributed by atoms with Crippen molar-refractivity contribution in [3.8, 4) is 11.1 Å². The third-order valence-electron chi connectivity index (χ3n) is 4.59. The van der Waals surface area contributed by atoms with Gasteiger partial charge in [0, 0.05) is 23.5 Å². The number of methoxy groups -OCH3 is 1. The maximum atomic E-state index is 12.9. The van der Waals surface area contributed by atoms with Crippen LogP contribution in [0.4, 0.5) is 13.2 Å². The van der Waals surface area contributed by atoms with E-state index in [1.807, 2.05) is 0 Å². The van der Waals surface area contributed by atoms with E-state index in [0.29, 0.717) is 5.56 Å². The van der Waals surface area contributed by atoms with E-state index in [9.17, 15) is 31.2 Å². The Labute approximate surface area is 175 Å². The van der Waals surface area contributed by atoms with Crippen LogP contribution in [-0.4, -0.2) is 43.5 Å². The number of carbonyl (C=O) groups excluding carboxylic acids is 1. The Bertz CT molecular complexity index is 1240. The summed E-state index contributed by atoms with van der Waals surface area (Å²) in [6, 6.07) is 5.41. The van der Waals surface area contributed by atoms with Crippen molar-refractivity contribution < 1.29 is 31.1 Å². The lowest BCUT2D eigenvalue weighted by molar-refractivity contribution is -0.143. The summed E-state index contributed by atoms with van der Waals surface area (Å²) in [6.07, 6.45) is 1.35. The maximum Gasteiger partial charge on any atom is 0.408 e. The van der Waals surface area contributed by atoms with Crippen LogP contribution < -0.4 is 5.56 Å². The molecule has 11 heteroatoms.